The van der Waals surface area contributed by atoms with E-state index in [-0.39, 0.29) is 0 Å². The zero-order valence-corrected chi connectivity index (χ0v) is 11.9. The molecule has 0 spiro atoms. The van der Waals surface area contributed by atoms with Gasteiger partial charge in [0.05, 0.1) is 17.1 Å². The zero-order chi connectivity index (χ0) is 14.6. The van der Waals surface area contributed by atoms with Crippen molar-refractivity contribution in [2.75, 3.05) is 0 Å². The fourth-order valence-corrected chi connectivity index (χ4v) is 3.43. The van der Waals surface area contributed by atoms with Crippen LogP contribution in [0.5, 0.6) is 0 Å². The molecule has 0 amide bonds. The maximum Gasteiger partial charge on any atom is 0.105 e. The molecule has 0 unspecified atom stereocenters. The summed E-state index contributed by atoms with van der Waals surface area (Å²) >= 11 is 0. The number of pyridine rings is 1. The second-order valence-corrected chi connectivity index (χ2v) is 5.83. The summed E-state index contributed by atoms with van der Waals surface area (Å²) in [5.74, 6) is 0. The number of rotatable bonds is 0. The largest absolute Gasteiger partial charge is 0.390 e. The van der Waals surface area contributed by atoms with Gasteiger partial charge in [-0.1, -0.05) is 30.3 Å². The first kappa shape index (κ1) is 12.7. The number of fused-ring (bicyclic) bond motifs is 4. The van der Waals surface area contributed by atoms with Gasteiger partial charge in [0.2, 0.25) is 0 Å². The number of nitrogens with zero attached hydrogens (tertiary/aromatic N) is 1. The van der Waals surface area contributed by atoms with Crippen LogP contribution in [0.1, 0.15) is 29.2 Å². The molecule has 21 heavy (non-hydrogen) atoms. The molecule has 0 saturated heterocycles. The van der Waals surface area contributed by atoms with Crippen LogP contribution in [0.2, 0.25) is 0 Å². The maximum absolute atomic E-state index is 10.2. The van der Waals surface area contributed by atoms with Gasteiger partial charge in [0.15, 0.2) is 0 Å². The molecule has 0 fully saturated rings. The molecular weight excluding hydrogens is 262 g/mol. The molecular formula is C18H17NO2. The van der Waals surface area contributed by atoms with E-state index >= 15 is 0 Å². The minimum absolute atomic E-state index is 0.584. The van der Waals surface area contributed by atoms with Gasteiger partial charge in [0, 0.05) is 10.8 Å². The second kappa shape index (κ2) is 4.52. The molecule has 0 radical (unpaired) electrons. The van der Waals surface area contributed by atoms with Gasteiger partial charge in [-0.15, -0.1) is 0 Å². The molecule has 0 bridgehead atoms. The normalized spacial score (nSPS) is 21.7. The van der Waals surface area contributed by atoms with Gasteiger partial charge in [0.1, 0.15) is 6.10 Å². The first-order chi connectivity index (χ1) is 10.2. The highest BCUT2D eigenvalue weighted by Crippen LogP contribution is 2.36. The summed E-state index contributed by atoms with van der Waals surface area (Å²) in [6.45, 7) is 2.12. The Labute approximate surface area is 122 Å². The highest BCUT2D eigenvalue weighted by atomic mass is 16.3. The molecule has 2 N–H and O–H groups in total. The van der Waals surface area contributed by atoms with Crippen molar-refractivity contribution in [1.29, 1.82) is 0 Å². The molecule has 2 atom stereocenters. The molecule has 106 valence electrons. The van der Waals surface area contributed by atoms with E-state index in [9.17, 15) is 10.2 Å². The van der Waals surface area contributed by atoms with E-state index in [0.29, 0.717) is 6.42 Å². The predicted molar refractivity (Wildman–Crippen MR) is 83.3 cm³/mol. The van der Waals surface area contributed by atoms with Crippen LogP contribution in [0.3, 0.4) is 0 Å². The van der Waals surface area contributed by atoms with E-state index in [1.54, 1.807) is 0 Å². The van der Waals surface area contributed by atoms with Gasteiger partial charge >= 0.3 is 0 Å². The SMILES string of the molecule is Cc1c2ccccc2nc2c3c(ccc12)[C@@H](O)[C@H](O)CC3. The Balaban J connectivity index is 2.11. The van der Waals surface area contributed by atoms with Gasteiger partial charge in [-0.2, -0.15) is 0 Å². The number of aliphatic hydroxyl groups excluding tert-OH is 2. The first-order valence-electron chi connectivity index (χ1n) is 7.34. The third kappa shape index (κ3) is 1.78. The van der Waals surface area contributed by atoms with Crippen molar-refractivity contribution in [2.45, 2.75) is 32.0 Å². The third-order valence-electron chi connectivity index (χ3n) is 4.64. The average molecular weight is 279 g/mol. The Kier molecular flexibility index (Phi) is 2.74. The maximum atomic E-state index is 10.2. The molecule has 3 aromatic rings. The minimum Gasteiger partial charge on any atom is -0.390 e. The number of aliphatic hydroxyl groups is 2. The number of aromatic nitrogens is 1. The summed E-state index contributed by atoms with van der Waals surface area (Å²) in [7, 11) is 0. The molecule has 1 aliphatic carbocycles. The van der Waals surface area contributed by atoms with Crippen LogP contribution in [-0.4, -0.2) is 21.3 Å². The van der Waals surface area contributed by atoms with Gasteiger partial charge in [-0.3, -0.25) is 0 Å². The molecule has 4 rings (SSSR count). The van der Waals surface area contributed by atoms with E-state index in [1.165, 1.54) is 10.9 Å². The Morgan fingerprint density at radius 1 is 1.05 bits per heavy atom. The number of aryl methyl sites for hydroxylation is 2. The number of hydrogen-bond acceptors (Lipinski definition) is 3. The van der Waals surface area contributed by atoms with Gasteiger partial charge in [-0.25, -0.2) is 4.98 Å². The molecule has 1 aromatic heterocycles. The van der Waals surface area contributed by atoms with Crippen molar-refractivity contribution in [1.82, 2.24) is 4.98 Å². The Hall–Kier alpha value is -1.97. The molecule has 2 aromatic carbocycles. The Bertz CT molecular complexity index is 857. The number of hydrogen-bond donors (Lipinski definition) is 2. The van der Waals surface area contributed by atoms with Gasteiger partial charge in [-0.05, 0) is 42.5 Å². The average Bonchev–Trinajstić information content (AvgIpc) is 2.51. The van der Waals surface area contributed by atoms with Crippen LogP contribution >= 0.6 is 0 Å². The van der Waals surface area contributed by atoms with Crippen molar-refractivity contribution in [2.24, 2.45) is 0 Å². The van der Waals surface area contributed by atoms with Crippen molar-refractivity contribution in [3.05, 3.63) is 53.1 Å². The predicted octanol–water partition coefficient (Wildman–Crippen LogP) is 3.04. The van der Waals surface area contributed by atoms with Crippen molar-refractivity contribution in [3.63, 3.8) is 0 Å². The fraction of sp³-hybridized carbons (Fsp3) is 0.278. The standard InChI is InChI=1S/C18H17NO2/c1-10-11-4-2-3-5-15(11)19-17-12(10)6-7-14-13(17)8-9-16(20)18(14)21/h2-7,16,18,20-21H,8-9H2,1H3/t16-,18-/m1/s1. The quantitative estimate of drug-likeness (QED) is 0.622. The van der Waals surface area contributed by atoms with Crippen molar-refractivity contribution in [3.8, 4) is 0 Å². The molecule has 0 aliphatic heterocycles. The molecule has 3 heteroatoms. The number of para-hydroxylation sites is 1. The zero-order valence-electron chi connectivity index (χ0n) is 11.9. The van der Waals surface area contributed by atoms with E-state index in [0.717, 1.165) is 34.0 Å². The topological polar surface area (TPSA) is 53.4 Å². The Morgan fingerprint density at radius 2 is 1.86 bits per heavy atom. The molecule has 1 aliphatic rings. The lowest BCUT2D eigenvalue weighted by Gasteiger charge is -2.27. The highest BCUT2D eigenvalue weighted by Gasteiger charge is 2.28. The molecule has 1 heterocycles. The second-order valence-electron chi connectivity index (χ2n) is 5.83. The lowest BCUT2D eigenvalue weighted by molar-refractivity contribution is 0.00673. The minimum atomic E-state index is -0.799. The summed E-state index contributed by atoms with van der Waals surface area (Å²) in [4.78, 5) is 4.82. The van der Waals surface area contributed by atoms with Crippen LogP contribution in [0, 0.1) is 6.92 Å². The Morgan fingerprint density at radius 3 is 2.71 bits per heavy atom. The highest BCUT2D eigenvalue weighted by molar-refractivity contribution is 5.98. The van der Waals surface area contributed by atoms with Crippen molar-refractivity contribution < 1.29 is 10.2 Å². The van der Waals surface area contributed by atoms with Crippen LogP contribution in [0.15, 0.2) is 36.4 Å². The summed E-state index contributed by atoms with van der Waals surface area (Å²) in [5, 5.41) is 22.3. The molecule has 0 saturated carbocycles. The van der Waals surface area contributed by atoms with Crippen LogP contribution in [-0.2, 0) is 6.42 Å². The smallest absolute Gasteiger partial charge is 0.105 e. The lowest BCUT2D eigenvalue weighted by Crippen LogP contribution is -2.25. The molecule has 3 nitrogen and oxygen atoms in total. The first-order valence-corrected chi connectivity index (χ1v) is 7.34. The fourth-order valence-electron chi connectivity index (χ4n) is 3.43. The van der Waals surface area contributed by atoms with Crippen LogP contribution < -0.4 is 0 Å². The van der Waals surface area contributed by atoms with Crippen LogP contribution in [0.25, 0.3) is 21.8 Å². The summed E-state index contributed by atoms with van der Waals surface area (Å²) in [5.41, 5.74) is 5.08. The third-order valence-corrected chi connectivity index (χ3v) is 4.64. The summed E-state index contributed by atoms with van der Waals surface area (Å²) in [6, 6.07) is 12.1. The summed E-state index contributed by atoms with van der Waals surface area (Å²) < 4.78 is 0. The van der Waals surface area contributed by atoms with E-state index in [2.05, 4.69) is 13.0 Å². The van der Waals surface area contributed by atoms with Crippen LogP contribution in [0.4, 0.5) is 0 Å². The van der Waals surface area contributed by atoms with Gasteiger partial charge < -0.3 is 10.2 Å². The lowest BCUT2D eigenvalue weighted by atomic mass is 9.85. The van der Waals surface area contributed by atoms with Gasteiger partial charge in [0.25, 0.3) is 0 Å². The van der Waals surface area contributed by atoms with E-state index in [1.807, 2.05) is 30.3 Å². The van der Waals surface area contributed by atoms with E-state index in [4.69, 9.17) is 4.98 Å². The van der Waals surface area contributed by atoms with E-state index < -0.39 is 12.2 Å². The summed E-state index contributed by atoms with van der Waals surface area (Å²) in [6.07, 6.45) is -0.125. The number of benzene rings is 2. The van der Waals surface area contributed by atoms with Crippen molar-refractivity contribution >= 4 is 21.8 Å². The monoisotopic (exact) mass is 279 g/mol.